The first kappa shape index (κ1) is 21.9. The Bertz CT molecular complexity index is 868. The fraction of sp³-hybridized carbons (Fsp3) is 0.409. The third-order valence-electron chi connectivity index (χ3n) is 5.48. The number of ether oxygens (including phenoxy) is 1. The van der Waals surface area contributed by atoms with Crippen molar-refractivity contribution in [1.82, 2.24) is 9.21 Å². The highest BCUT2D eigenvalue weighted by Crippen LogP contribution is 2.21. The molecule has 166 valence electrons. The van der Waals surface area contributed by atoms with E-state index in [0.29, 0.717) is 43.4 Å². The summed E-state index contributed by atoms with van der Waals surface area (Å²) >= 11 is -1.25. The molecule has 2 fully saturated rings. The highest BCUT2D eigenvalue weighted by Gasteiger charge is 2.25. The zero-order valence-corrected chi connectivity index (χ0v) is 18.2. The monoisotopic (exact) mass is 444 g/mol. The van der Waals surface area contributed by atoms with E-state index in [4.69, 9.17) is 4.74 Å². The molecule has 2 aliphatic rings. The standard InChI is InChI=1S/C22H28N4O4S/c27-20-6-4-19(5-7-20)25-10-8-24(9-11-25)17-22(28)23-18-2-1-3-21(16-18)31(29)26-12-14-30-15-13-26/h1-7,16,27H,8-15,17H2,(H,23,28). The van der Waals surface area contributed by atoms with Crippen LogP contribution in [0.2, 0.25) is 0 Å². The Morgan fingerprint density at radius 3 is 2.45 bits per heavy atom. The molecule has 4 rings (SSSR count). The van der Waals surface area contributed by atoms with E-state index in [0.717, 1.165) is 31.9 Å². The summed E-state index contributed by atoms with van der Waals surface area (Å²) in [5.41, 5.74) is 1.74. The van der Waals surface area contributed by atoms with Crippen molar-refractivity contribution < 1.29 is 19.2 Å². The van der Waals surface area contributed by atoms with Gasteiger partial charge in [0, 0.05) is 43.6 Å². The van der Waals surface area contributed by atoms with Crippen molar-refractivity contribution in [2.75, 3.05) is 69.2 Å². The molecule has 9 heteroatoms. The SMILES string of the molecule is O=C(CN1CCN(c2ccc(O)cc2)CC1)Nc1cccc([S+]([O-])N2CCOCC2)c1. The number of hydrogen-bond donors (Lipinski definition) is 2. The normalized spacial score (nSPS) is 19.2. The van der Waals surface area contributed by atoms with E-state index in [2.05, 4.69) is 15.1 Å². The second-order valence-corrected chi connectivity index (χ2v) is 9.13. The number of morpholine rings is 1. The maximum Gasteiger partial charge on any atom is 0.238 e. The van der Waals surface area contributed by atoms with Crippen LogP contribution in [0.3, 0.4) is 0 Å². The summed E-state index contributed by atoms with van der Waals surface area (Å²) in [5, 5.41) is 12.4. The molecule has 8 nitrogen and oxygen atoms in total. The van der Waals surface area contributed by atoms with E-state index in [1.165, 1.54) is 0 Å². The van der Waals surface area contributed by atoms with Crippen molar-refractivity contribution in [1.29, 1.82) is 0 Å². The van der Waals surface area contributed by atoms with Gasteiger partial charge < -0.3 is 24.6 Å². The Morgan fingerprint density at radius 1 is 1.03 bits per heavy atom. The van der Waals surface area contributed by atoms with Crippen LogP contribution in [-0.2, 0) is 20.9 Å². The van der Waals surface area contributed by atoms with Crippen LogP contribution in [0.25, 0.3) is 0 Å². The maximum atomic E-state index is 12.8. The number of benzene rings is 2. The largest absolute Gasteiger partial charge is 0.593 e. The number of piperazine rings is 1. The van der Waals surface area contributed by atoms with Crippen LogP contribution in [0.4, 0.5) is 11.4 Å². The minimum absolute atomic E-state index is 0.0765. The summed E-state index contributed by atoms with van der Waals surface area (Å²) in [5.74, 6) is 0.185. The van der Waals surface area contributed by atoms with E-state index in [9.17, 15) is 14.5 Å². The molecule has 31 heavy (non-hydrogen) atoms. The lowest BCUT2D eigenvalue weighted by Crippen LogP contribution is -2.48. The van der Waals surface area contributed by atoms with Crippen molar-refractivity contribution in [2.24, 2.45) is 0 Å². The Kier molecular flexibility index (Phi) is 7.31. The van der Waals surface area contributed by atoms with Crippen LogP contribution in [0, 0.1) is 0 Å². The minimum atomic E-state index is -1.25. The molecule has 2 aromatic carbocycles. The van der Waals surface area contributed by atoms with Crippen LogP contribution in [0.5, 0.6) is 5.75 Å². The molecule has 2 N–H and O–H groups in total. The summed E-state index contributed by atoms with van der Waals surface area (Å²) in [6.07, 6.45) is 0. The van der Waals surface area contributed by atoms with E-state index in [1.807, 2.05) is 34.6 Å². The lowest BCUT2D eigenvalue weighted by atomic mass is 10.2. The first-order valence-electron chi connectivity index (χ1n) is 10.5. The van der Waals surface area contributed by atoms with Gasteiger partial charge in [0.15, 0.2) is 4.90 Å². The second kappa shape index (κ2) is 10.3. The molecule has 2 aliphatic heterocycles. The summed E-state index contributed by atoms with van der Waals surface area (Å²) < 4.78 is 20.0. The first-order chi connectivity index (χ1) is 15.1. The molecule has 0 aliphatic carbocycles. The number of aromatic hydroxyl groups is 1. The Morgan fingerprint density at radius 2 is 1.74 bits per heavy atom. The van der Waals surface area contributed by atoms with Crippen LogP contribution >= 0.6 is 0 Å². The average Bonchev–Trinajstić information content (AvgIpc) is 2.80. The van der Waals surface area contributed by atoms with Crippen LogP contribution in [0.15, 0.2) is 53.4 Å². The fourth-order valence-corrected chi connectivity index (χ4v) is 4.98. The van der Waals surface area contributed by atoms with E-state index >= 15 is 0 Å². The second-order valence-electron chi connectivity index (χ2n) is 7.65. The number of nitrogens with one attached hydrogen (secondary N) is 1. The molecule has 0 saturated carbocycles. The van der Waals surface area contributed by atoms with E-state index in [-0.39, 0.29) is 11.7 Å². The van der Waals surface area contributed by atoms with Crippen molar-refractivity contribution in [3.05, 3.63) is 48.5 Å². The van der Waals surface area contributed by atoms with Crippen molar-refractivity contribution >= 4 is 28.6 Å². The maximum absolute atomic E-state index is 12.8. The van der Waals surface area contributed by atoms with Gasteiger partial charge in [-0.3, -0.25) is 9.69 Å². The number of hydrogen-bond acceptors (Lipinski definition) is 7. The molecular weight excluding hydrogens is 416 g/mol. The lowest BCUT2D eigenvalue weighted by molar-refractivity contribution is -0.117. The number of anilines is 2. The Balaban J connectivity index is 1.27. The predicted molar refractivity (Wildman–Crippen MR) is 121 cm³/mol. The molecule has 2 aromatic rings. The summed E-state index contributed by atoms with van der Waals surface area (Å²) in [7, 11) is 0. The lowest BCUT2D eigenvalue weighted by Gasteiger charge is -2.35. The molecule has 0 spiro atoms. The van der Waals surface area contributed by atoms with Gasteiger partial charge in [-0.1, -0.05) is 6.07 Å². The highest BCUT2D eigenvalue weighted by atomic mass is 32.2. The number of nitrogens with zero attached hydrogens (tertiary/aromatic N) is 3. The molecule has 0 bridgehead atoms. The van der Waals surface area contributed by atoms with E-state index < -0.39 is 11.4 Å². The highest BCUT2D eigenvalue weighted by molar-refractivity contribution is 7.89. The van der Waals surface area contributed by atoms with Gasteiger partial charge in [-0.2, -0.15) is 0 Å². The van der Waals surface area contributed by atoms with Crippen molar-refractivity contribution in [3.63, 3.8) is 0 Å². The van der Waals surface area contributed by atoms with Crippen molar-refractivity contribution in [2.45, 2.75) is 4.90 Å². The van der Waals surface area contributed by atoms with Crippen LogP contribution in [-0.4, -0.2) is 83.8 Å². The minimum Gasteiger partial charge on any atom is -0.593 e. The first-order valence-corrected chi connectivity index (χ1v) is 11.6. The topological polar surface area (TPSA) is 91.3 Å². The molecule has 2 saturated heterocycles. The number of rotatable bonds is 6. The summed E-state index contributed by atoms with van der Waals surface area (Å²) in [6, 6.07) is 14.4. The Hall–Kier alpha value is -2.30. The fourth-order valence-electron chi connectivity index (χ4n) is 3.78. The van der Waals surface area contributed by atoms with Gasteiger partial charge in [0.1, 0.15) is 5.75 Å². The molecule has 1 unspecified atom stereocenters. The predicted octanol–water partition coefficient (Wildman–Crippen LogP) is 1.51. The molecule has 1 atom stereocenters. The summed E-state index contributed by atoms with van der Waals surface area (Å²) in [4.78, 5) is 17.6. The van der Waals surface area contributed by atoms with Gasteiger partial charge in [0.2, 0.25) is 5.91 Å². The molecule has 0 aromatic heterocycles. The molecule has 2 heterocycles. The number of phenolic OH excluding ortho intramolecular Hbond substituents is 1. The average molecular weight is 445 g/mol. The van der Waals surface area contributed by atoms with Gasteiger partial charge in [-0.15, -0.1) is 4.31 Å². The molecule has 1 amide bonds. The quantitative estimate of drug-likeness (QED) is 0.653. The summed E-state index contributed by atoms with van der Waals surface area (Å²) in [6.45, 7) is 5.99. The zero-order chi connectivity index (χ0) is 21.6. The number of carbonyl (C=O) groups excluding carboxylic acids is 1. The molecular formula is C22H28N4O4S. The number of carbonyl (C=O) groups is 1. The smallest absolute Gasteiger partial charge is 0.238 e. The third kappa shape index (κ3) is 5.90. The van der Waals surface area contributed by atoms with Gasteiger partial charge in [0.05, 0.1) is 44.2 Å². The van der Waals surface area contributed by atoms with Crippen LogP contribution < -0.4 is 10.2 Å². The van der Waals surface area contributed by atoms with Gasteiger partial charge in [-0.05, 0) is 36.4 Å². The van der Waals surface area contributed by atoms with Crippen molar-refractivity contribution in [3.8, 4) is 5.75 Å². The molecule has 0 radical (unpaired) electrons. The Labute approximate surface area is 185 Å². The zero-order valence-electron chi connectivity index (χ0n) is 17.4. The van der Waals surface area contributed by atoms with Crippen LogP contribution in [0.1, 0.15) is 0 Å². The van der Waals surface area contributed by atoms with Gasteiger partial charge >= 0.3 is 0 Å². The van der Waals surface area contributed by atoms with Gasteiger partial charge in [0.25, 0.3) is 0 Å². The third-order valence-corrected chi connectivity index (χ3v) is 6.97. The number of amides is 1. The number of phenols is 1. The van der Waals surface area contributed by atoms with E-state index in [1.54, 1.807) is 18.2 Å². The van der Waals surface area contributed by atoms with Gasteiger partial charge in [-0.25, -0.2) is 0 Å².